The zero-order valence-corrected chi connectivity index (χ0v) is 18.6. The first-order valence-electron chi connectivity index (χ1n) is 9.81. The van der Waals surface area contributed by atoms with E-state index in [1.54, 1.807) is 40.3 Å². The van der Waals surface area contributed by atoms with Crippen molar-refractivity contribution >= 4 is 40.6 Å². The largest absolute Gasteiger partial charge is 0.348 e. The molecular weight excluding hydrogens is 444 g/mol. The summed E-state index contributed by atoms with van der Waals surface area (Å²) in [5.74, 6) is -0.383. The molecule has 0 saturated heterocycles. The molecule has 4 aromatic rings. The van der Waals surface area contributed by atoms with E-state index in [0.29, 0.717) is 29.5 Å². The zero-order valence-electron chi connectivity index (χ0n) is 17.0. The normalized spacial score (nSPS) is 10.6. The highest BCUT2D eigenvalue weighted by Gasteiger charge is 2.15. The number of hydrogen-bond donors (Lipinski definition) is 2. The summed E-state index contributed by atoms with van der Waals surface area (Å²) in [6, 6.07) is 20.6. The molecular formula is C22H20N6O2S2. The van der Waals surface area contributed by atoms with Gasteiger partial charge in [0.1, 0.15) is 0 Å². The van der Waals surface area contributed by atoms with Crippen LogP contribution in [0.15, 0.2) is 77.3 Å². The van der Waals surface area contributed by atoms with E-state index in [0.717, 1.165) is 10.4 Å². The van der Waals surface area contributed by atoms with Gasteiger partial charge in [0.25, 0.3) is 5.91 Å². The van der Waals surface area contributed by atoms with Crippen molar-refractivity contribution in [2.75, 3.05) is 11.1 Å². The van der Waals surface area contributed by atoms with E-state index in [4.69, 9.17) is 0 Å². The van der Waals surface area contributed by atoms with E-state index < -0.39 is 0 Å². The minimum Gasteiger partial charge on any atom is -0.348 e. The molecule has 0 fully saturated rings. The van der Waals surface area contributed by atoms with Crippen molar-refractivity contribution in [3.63, 3.8) is 0 Å². The van der Waals surface area contributed by atoms with Crippen molar-refractivity contribution in [3.05, 3.63) is 88.1 Å². The molecule has 4 rings (SSSR count). The van der Waals surface area contributed by atoms with Gasteiger partial charge in [-0.25, -0.2) is 4.68 Å². The molecule has 8 nitrogen and oxygen atoms in total. The quantitative estimate of drug-likeness (QED) is 0.368. The molecule has 0 aliphatic carbocycles. The van der Waals surface area contributed by atoms with Crippen LogP contribution in [0.3, 0.4) is 0 Å². The minimum atomic E-state index is -0.253. The summed E-state index contributed by atoms with van der Waals surface area (Å²) >= 11 is 2.86. The summed E-state index contributed by atoms with van der Waals surface area (Å²) in [7, 11) is 0. The van der Waals surface area contributed by atoms with Crippen molar-refractivity contribution in [3.8, 4) is 0 Å². The second-order valence-corrected chi connectivity index (χ2v) is 8.72. The number of thiophene rings is 1. The van der Waals surface area contributed by atoms with Crippen molar-refractivity contribution in [1.82, 2.24) is 25.5 Å². The Hall–Kier alpha value is -3.50. The number of aromatic nitrogens is 4. The van der Waals surface area contributed by atoms with Crippen molar-refractivity contribution in [1.29, 1.82) is 0 Å². The Morgan fingerprint density at radius 3 is 2.62 bits per heavy atom. The number of amides is 2. The van der Waals surface area contributed by atoms with Crippen molar-refractivity contribution in [2.45, 2.75) is 18.2 Å². The van der Waals surface area contributed by atoms with E-state index in [-0.39, 0.29) is 17.6 Å². The lowest BCUT2D eigenvalue weighted by Gasteiger charge is -2.11. The van der Waals surface area contributed by atoms with Crippen LogP contribution in [-0.4, -0.2) is 37.8 Å². The fourth-order valence-electron chi connectivity index (χ4n) is 2.93. The number of carbonyl (C=O) groups excluding carboxylic acids is 2. The number of carbonyl (C=O) groups is 2. The van der Waals surface area contributed by atoms with Gasteiger partial charge in [-0.2, -0.15) is 0 Å². The molecule has 0 radical (unpaired) electrons. The predicted molar refractivity (Wildman–Crippen MR) is 125 cm³/mol. The summed E-state index contributed by atoms with van der Waals surface area (Å²) in [4.78, 5) is 26.3. The fourth-order valence-corrected chi connectivity index (χ4v) is 4.29. The van der Waals surface area contributed by atoms with E-state index in [2.05, 4.69) is 26.2 Å². The Bertz CT molecular complexity index is 1180. The molecule has 2 aromatic heterocycles. The topological polar surface area (TPSA) is 102 Å². The molecule has 0 saturated carbocycles. The van der Waals surface area contributed by atoms with Crippen molar-refractivity contribution in [2.24, 2.45) is 0 Å². The van der Waals surface area contributed by atoms with Gasteiger partial charge in [-0.15, -0.1) is 16.4 Å². The number of nitrogens with zero attached hydrogens (tertiary/aromatic N) is 4. The minimum absolute atomic E-state index is 0.116. The van der Waals surface area contributed by atoms with Gasteiger partial charge in [-0.05, 0) is 39.6 Å². The van der Waals surface area contributed by atoms with Crippen LogP contribution >= 0.6 is 23.1 Å². The SMILES string of the molecule is O=C(CSc1nnnn1Cc1cccs1)Nc1ccccc1C(=O)NCc1ccccc1. The number of nitrogens with one attached hydrogen (secondary N) is 2. The summed E-state index contributed by atoms with van der Waals surface area (Å²) in [5, 5.41) is 20.0. The lowest BCUT2D eigenvalue weighted by molar-refractivity contribution is -0.113. The average Bonchev–Trinajstić information content (AvgIpc) is 3.49. The predicted octanol–water partition coefficient (Wildman–Crippen LogP) is 3.44. The number of para-hydroxylation sites is 1. The Morgan fingerprint density at radius 1 is 1.00 bits per heavy atom. The van der Waals surface area contributed by atoms with E-state index >= 15 is 0 Å². The van der Waals surface area contributed by atoms with Gasteiger partial charge >= 0.3 is 0 Å². The highest BCUT2D eigenvalue weighted by molar-refractivity contribution is 7.99. The van der Waals surface area contributed by atoms with Gasteiger partial charge in [0.05, 0.1) is 23.5 Å². The third-order valence-electron chi connectivity index (χ3n) is 4.46. The Kier molecular flexibility index (Phi) is 7.26. The molecule has 10 heteroatoms. The van der Waals surface area contributed by atoms with Gasteiger partial charge in [0, 0.05) is 11.4 Å². The maximum atomic E-state index is 12.7. The first-order chi connectivity index (χ1) is 15.7. The first-order valence-corrected chi connectivity index (χ1v) is 11.7. The summed E-state index contributed by atoms with van der Waals surface area (Å²) < 4.78 is 1.66. The molecule has 0 spiro atoms. The molecule has 0 aliphatic rings. The smallest absolute Gasteiger partial charge is 0.253 e. The highest BCUT2D eigenvalue weighted by atomic mass is 32.2. The number of tetrazole rings is 1. The molecule has 2 amide bonds. The molecule has 162 valence electrons. The van der Waals surface area contributed by atoms with Crippen LogP contribution in [0, 0.1) is 0 Å². The Labute approximate surface area is 193 Å². The van der Waals surface area contributed by atoms with Gasteiger partial charge in [0.2, 0.25) is 11.1 Å². The van der Waals surface area contributed by atoms with Crippen molar-refractivity contribution < 1.29 is 9.59 Å². The maximum absolute atomic E-state index is 12.7. The van der Waals surface area contributed by atoms with Crippen LogP contribution in [0.2, 0.25) is 0 Å². The molecule has 0 atom stereocenters. The summed E-state index contributed by atoms with van der Waals surface area (Å²) in [5.41, 5.74) is 1.87. The maximum Gasteiger partial charge on any atom is 0.253 e. The van der Waals surface area contributed by atoms with Gasteiger partial charge in [-0.3, -0.25) is 9.59 Å². The standard InChI is InChI=1S/C22H20N6O2S2/c29-20(15-32-22-25-26-27-28(22)14-17-9-6-12-31-17)24-19-11-5-4-10-18(19)21(30)23-13-16-7-2-1-3-8-16/h1-12H,13-15H2,(H,23,30)(H,24,29). The third kappa shape index (κ3) is 5.80. The molecule has 0 unspecified atom stereocenters. The first kappa shape index (κ1) is 21.7. The molecule has 2 heterocycles. The summed E-state index contributed by atoms with van der Waals surface area (Å²) in [6.45, 7) is 0.962. The highest BCUT2D eigenvalue weighted by Crippen LogP contribution is 2.19. The average molecular weight is 465 g/mol. The lowest BCUT2D eigenvalue weighted by atomic mass is 10.1. The molecule has 2 N–H and O–H groups in total. The van der Waals surface area contributed by atoms with E-state index in [1.165, 1.54) is 11.8 Å². The van der Waals surface area contributed by atoms with Crippen LogP contribution in [0.5, 0.6) is 0 Å². The van der Waals surface area contributed by atoms with E-state index in [1.807, 2.05) is 47.8 Å². The molecule has 0 bridgehead atoms. The lowest BCUT2D eigenvalue weighted by Crippen LogP contribution is -2.25. The van der Waals surface area contributed by atoms with Crippen LogP contribution < -0.4 is 10.6 Å². The van der Waals surface area contributed by atoms with E-state index in [9.17, 15) is 9.59 Å². The Morgan fingerprint density at radius 2 is 1.81 bits per heavy atom. The molecule has 0 aliphatic heterocycles. The number of hydrogen-bond acceptors (Lipinski definition) is 7. The van der Waals surface area contributed by atoms with Crippen LogP contribution in [0.1, 0.15) is 20.8 Å². The van der Waals surface area contributed by atoms with Gasteiger partial charge < -0.3 is 10.6 Å². The van der Waals surface area contributed by atoms with Gasteiger partial charge in [0.15, 0.2) is 0 Å². The Balaban J connectivity index is 1.34. The second kappa shape index (κ2) is 10.7. The number of thioether (sulfide) groups is 1. The molecule has 32 heavy (non-hydrogen) atoms. The second-order valence-electron chi connectivity index (χ2n) is 6.75. The van der Waals surface area contributed by atoms with Crippen LogP contribution in [0.25, 0.3) is 0 Å². The molecule has 2 aromatic carbocycles. The monoisotopic (exact) mass is 464 g/mol. The number of rotatable bonds is 9. The summed E-state index contributed by atoms with van der Waals surface area (Å²) in [6.07, 6.45) is 0. The number of benzene rings is 2. The van der Waals surface area contributed by atoms with Crippen LogP contribution in [-0.2, 0) is 17.9 Å². The van der Waals surface area contributed by atoms with Crippen LogP contribution in [0.4, 0.5) is 5.69 Å². The number of anilines is 1. The van der Waals surface area contributed by atoms with Gasteiger partial charge in [-0.1, -0.05) is 60.3 Å². The fraction of sp³-hybridized carbons (Fsp3) is 0.136. The third-order valence-corrected chi connectivity index (χ3v) is 6.28. The zero-order chi connectivity index (χ0) is 22.2.